The standard InChI is InChI=1S/C18H28N4O4/c1-13-16(21-26-20-13)11-18(24)22-8-6-14(7-9-22)4-5-17(23)19-12-15-3-2-10-25-15/h14-15H,2-12H2,1H3,(H,19,23)/t15-/m0/s1. The number of ether oxygens (including phenoxy) is 1. The van der Waals surface area contributed by atoms with Crippen molar-refractivity contribution in [2.45, 2.75) is 58.0 Å². The molecule has 0 spiro atoms. The van der Waals surface area contributed by atoms with Gasteiger partial charge in [0.15, 0.2) is 0 Å². The average molecular weight is 364 g/mol. The van der Waals surface area contributed by atoms with Gasteiger partial charge in [0.2, 0.25) is 11.8 Å². The Balaban J connectivity index is 1.31. The molecule has 2 amide bonds. The third-order valence-corrected chi connectivity index (χ3v) is 5.36. The first-order chi connectivity index (χ1) is 12.6. The third kappa shape index (κ3) is 5.27. The molecule has 3 heterocycles. The molecule has 1 aromatic heterocycles. The van der Waals surface area contributed by atoms with Gasteiger partial charge in [0.05, 0.1) is 12.5 Å². The molecule has 2 aliphatic rings. The number of aromatic nitrogens is 2. The molecule has 8 nitrogen and oxygen atoms in total. The fourth-order valence-electron chi connectivity index (χ4n) is 3.59. The lowest BCUT2D eigenvalue weighted by molar-refractivity contribution is -0.132. The molecule has 0 radical (unpaired) electrons. The van der Waals surface area contributed by atoms with Gasteiger partial charge in [-0.25, -0.2) is 4.63 Å². The first-order valence-corrected chi connectivity index (χ1v) is 9.56. The Kier molecular flexibility index (Phi) is 6.60. The number of likely N-dealkylation sites (tertiary alicyclic amines) is 1. The van der Waals surface area contributed by atoms with Crippen LogP contribution in [0.2, 0.25) is 0 Å². The summed E-state index contributed by atoms with van der Waals surface area (Å²) in [6.45, 7) is 4.71. The molecule has 0 aliphatic carbocycles. The Morgan fingerprint density at radius 2 is 2.04 bits per heavy atom. The van der Waals surface area contributed by atoms with Crippen LogP contribution < -0.4 is 5.32 Å². The van der Waals surface area contributed by atoms with Crippen LogP contribution in [0, 0.1) is 12.8 Å². The molecule has 0 bridgehead atoms. The molecular formula is C18H28N4O4. The van der Waals surface area contributed by atoms with Crippen LogP contribution >= 0.6 is 0 Å². The van der Waals surface area contributed by atoms with E-state index >= 15 is 0 Å². The van der Waals surface area contributed by atoms with Gasteiger partial charge in [-0.15, -0.1) is 0 Å². The molecule has 2 saturated heterocycles. The minimum atomic E-state index is 0.0663. The Labute approximate surface area is 153 Å². The molecule has 144 valence electrons. The van der Waals surface area contributed by atoms with Crippen molar-refractivity contribution in [3.05, 3.63) is 11.4 Å². The molecule has 3 rings (SSSR count). The van der Waals surface area contributed by atoms with E-state index in [0.717, 1.165) is 51.8 Å². The number of amides is 2. The normalized spacial score (nSPS) is 21.1. The van der Waals surface area contributed by atoms with E-state index in [0.29, 0.717) is 30.3 Å². The Morgan fingerprint density at radius 1 is 1.23 bits per heavy atom. The molecule has 0 aromatic carbocycles. The van der Waals surface area contributed by atoms with Crippen LogP contribution in [0.15, 0.2) is 4.63 Å². The maximum absolute atomic E-state index is 12.3. The Morgan fingerprint density at radius 3 is 2.69 bits per heavy atom. The van der Waals surface area contributed by atoms with Gasteiger partial charge < -0.3 is 15.0 Å². The molecule has 2 aliphatic heterocycles. The maximum atomic E-state index is 12.3. The molecule has 0 unspecified atom stereocenters. The molecule has 26 heavy (non-hydrogen) atoms. The molecule has 8 heteroatoms. The van der Waals surface area contributed by atoms with Crippen molar-refractivity contribution in [1.29, 1.82) is 0 Å². The summed E-state index contributed by atoms with van der Waals surface area (Å²) in [5.74, 6) is 0.674. The van der Waals surface area contributed by atoms with Crippen LogP contribution in [-0.4, -0.2) is 59.4 Å². The molecule has 1 aromatic rings. The lowest BCUT2D eigenvalue weighted by atomic mass is 9.92. The van der Waals surface area contributed by atoms with Crippen molar-refractivity contribution in [3.8, 4) is 0 Å². The highest BCUT2D eigenvalue weighted by Crippen LogP contribution is 2.22. The van der Waals surface area contributed by atoms with E-state index in [1.165, 1.54) is 0 Å². The van der Waals surface area contributed by atoms with E-state index in [1.54, 1.807) is 6.92 Å². The van der Waals surface area contributed by atoms with Crippen molar-refractivity contribution in [1.82, 2.24) is 20.5 Å². The predicted octanol–water partition coefficient (Wildman–Crippen LogP) is 1.23. The highest BCUT2D eigenvalue weighted by atomic mass is 16.6. The van der Waals surface area contributed by atoms with E-state index in [1.807, 2.05) is 4.90 Å². The number of hydrogen-bond donors (Lipinski definition) is 1. The first-order valence-electron chi connectivity index (χ1n) is 9.56. The van der Waals surface area contributed by atoms with Crippen LogP contribution in [0.5, 0.6) is 0 Å². The molecule has 1 atom stereocenters. The van der Waals surface area contributed by atoms with Gasteiger partial charge in [-0.3, -0.25) is 9.59 Å². The van der Waals surface area contributed by atoms with Gasteiger partial charge in [0.25, 0.3) is 0 Å². The van der Waals surface area contributed by atoms with Crippen LogP contribution in [0.1, 0.15) is 49.9 Å². The fourth-order valence-corrected chi connectivity index (χ4v) is 3.59. The topological polar surface area (TPSA) is 97.6 Å². The number of hydrogen-bond acceptors (Lipinski definition) is 6. The first kappa shape index (κ1) is 18.8. The largest absolute Gasteiger partial charge is 0.376 e. The Bertz CT molecular complexity index is 604. The van der Waals surface area contributed by atoms with Gasteiger partial charge in [-0.1, -0.05) is 10.3 Å². The zero-order valence-electron chi connectivity index (χ0n) is 15.4. The molecule has 1 N–H and O–H groups in total. The number of nitrogens with one attached hydrogen (secondary N) is 1. The van der Waals surface area contributed by atoms with Gasteiger partial charge in [-0.2, -0.15) is 0 Å². The van der Waals surface area contributed by atoms with Crippen molar-refractivity contribution < 1.29 is 19.0 Å². The highest BCUT2D eigenvalue weighted by molar-refractivity contribution is 5.78. The summed E-state index contributed by atoms with van der Waals surface area (Å²) in [6, 6.07) is 0. The van der Waals surface area contributed by atoms with Crippen LogP contribution in [0.3, 0.4) is 0 Å². The van der Waals surface area contributed by atoms with Crippen molar-refractivity contribution in [2.75, 3.05) is 26.2 Å². The maximum Gasteiger partial charge on any atom is 0.228 e. The zero-order valence-corrected chi connectivity index (χ0v) is 15.4. The smallest absolute Gasteiger partial charge is 0.228 e. The third-order valence-electron chi connectivity index (χ3n) is 5.36. The number of piperidine rings is 1. The summed E-state index contributed by atoms with van der Waals surface area (Å²) < 4.78 is 10.2. The fraction of sp³-hybridized carbons (Fsp3) is 0.778. The second kappa shape index (κ2) is 9.12. The van der Waals surface area contributed by atoms with Gasteiger partial charge in [0, 0.05) is 32.7 Å². The minimum absolute atomic E-state index is 0.0663. The quantitative estimate of drug-likeness (QED) is 0.782. The van der Waals surface area contributed by atoms with Gasteiger partial charge >= 0.3 is 0 Å². The second-order valence-electron chi connectivity index (χ2n) is 7.28. The van der Waals surface area contributed by atoms with Gasteiger partial charge in [0.1, 0.15) is 11.4 Å². The summed E-state index contributed by atoms with van der Waals surface area (Å²) in [7, 11) is 0. The minimum Gasteiger partial charge on any atom is -0.376 e. The highest BCUT2D eigenvalue weighted by Gasteiger charge is 2.24. The van der Waals surface area contributed by atoms with E-state index in [-0.39, 0.29) is 24.3 Å². The molecular weight excluding hydrogens is 336 g/mol. The van der Waals surface area contributed by atoms with Crippen molar-refractivity contribution in [3.63, 3.8) is 0 Å². The average Bonchev–Trinajstić information content (AvgIpc) is 3.31. The van der Waals surface area contributed by atoms with Crippen molar-refractivity contribution in [2.24, 2.45) is 5.92 Å². The SMILES string of the molecule is Cc1nonc1CC(=O)N1CCC(CCC(=O)NC[C@@H]2CCCO2)CC1. The predicted molar refractivity (Wildman–Crippen MR) is 93.3 cm³/mol. The molecule has 0 saturated carbocycles. The van der Waals surface area contributed by atoms with E-state index < -0.39 is 0 Å². The second-order valence-corrected chi connectivity index (χ2v) is 7.28. The van der Waals surface area contributed by atoms with Crippen molar-refractivity contribution >= 4 is 11.8 Å². The summed E-state index contributed by atoms with van der Waals surface area (Å²) in [5, 5.41) is 10.4. The number of aryl methyl sites for hydroxylation is 1. The summed E-state index contributed by atoms with van der Waals surface area (Å²) in [6.07, 6.45) is 5.88. The summed E-state index contributed by atoms with van der Waals surface area (Å²) >= 11 is 0. The lowest BCUT2D eigenvalue weighted by Crippen LogP contribution is -2.39. The lowest BCUT2D eigenvalue weighted by Gasteiger charge is -2.32. The number of carbonyl (C=O) groups excluding carboxylic acids is 2. The van der Waals surface area contributed by atoms with Crippen LogP contribution in [0.25, 0.3) is 0 Å². The zero-order chi connectivity index (χ0) is 18.4. The van der Waals surface area contributed by atoms with E-state index in [4.69, 9.17) is 4.74 Å². The number of rotatable bonds is 7. The summed E-state index contributed by atoms with van der Waals surface area (Å²) in [4.78, 5) is 26.2. The Hall–Kier alpha value is -1.96. The number of carbonyl (C=O) groups is 2. The molecule has 2 fully saturated rings. The summed E-state index contributed by atoms with van der Waals surface area (Å²) in [5.41, 5.74) is 1.28. The van der Waals surface area contributed by atoms with E-state index in [9.17, 15) is 9.59 Å². The van der Waals surface area contributed by atoms with E-state index in [2.05, 4.69) is 20.3 Å². The number of nitrogens with zero attached hydrogens (tertiary/aromatic N) is 3. The van der Waals surface area contributed by atoms with Crippen LogP contribution in [0.4, 0.5) is 0 Å². The monoisotopic (exact) mass is 364 g/mol. The van der Waals surface area contributed by atoms with Crippen LogP contribution in [-0.2, 0) is 20.7 Å². The van der Waals surface area contributed by atoms with Gasteiger partial charge in [-0.05, 0) is 44.9 Å².